The smallest absolute Gasteiger partial charge is 0.266 e. The summed E-state index contributed by atoms with van der Waals surface area (Å²) < 4.78 is 29.4. The second-order valence-electron chi connectivity index (χ2n) is 5.44. The lowest BCUT2D eigenvalue weighted by Gasteiger charge is -2.14. The van der Waals surface area contributed by atoms with E-state index in [4.69, 9.17) is 25.8 Å². The normalized spacial score (nSPS) is 10.8. The van der Waals surface area contributed by atoms with Crippen molar-refractivity contribution in [2.24, 2.45) is 0 Å². The van der Waals surface area contributed by atoms with E-state index in [0.717, 1.165) is 6.07 Å². The Balaban J connectivity index is 2.36. The molecule has 0 aliphatic heterocycles. The maximum atomic E-state index is 13.2. The van der Waals surface area contributed by atoms with E-state index >= 15 is 0 Å². The van der Waals surface area contributed by atoms with E-state index in [0.29, 0.717) is 29.4 Å². The van der Waals surface area contributed by atoms with Crippen LogP contribution in [0.2, 0.25) is 5.02 Å². The number of rotatable bonds is 7. The van der Waals surface area contributed by atoms with E-state index in [2.05, 4.69) is 5.32 Å². The molecule has 2 rings (SSSR count). The summed E-state index contributed by atoms with van der Waals surface area (Å²) in [4.78, 5) is 12.4. The average molecular weight is 405 g/mol. The molecule has 0 aliphatic rings. The molecule has 0 aromatic heterocycles. The lowest BCUT2D eigenvalue weighted by atomic mass is 10.1. The molecule has 28 heavy (non-hydrogen) atoms. The Labute approximate surface area is 167 Å². The Morgan fingerprint density at radius 3 is 2.39 bits per heavy atom. The van der Waals surface area contributed by atoms with Gasteiger partial charge < -0.3 is 19.5 Å². The first-order valence-corrected chi connectivity index (χ1v) is 8.58. The molecule has 1 N–H and O–H groups in total. The van der Waals surface area contributed by atoms with Gasteiger partial charge in [-0.1, -0.05) is 11.6 Å². The Morgan fingerprint density at radius 2 is 1.89 bits per heavy atom. The van der Waals surface area contributed by atoms with Gasteiger partial charge in [0.1, 0.15) is 17.5 Å². The van der Waals surface area contributed by atoms with Crippen molar-refractivity contribution in [1.82, 2.24) is 0 Å². The first kappa shape index (κ1) is 21.1. The number of nitrogens with one attached hydrogen (secondary N) is 1. The molecule has 0 saturated heterocycles. The molecule has 0 heterocycles. The molecule has 8 heteroatoms. The summed E-state index contributed by atoms with van der Waals surface area (Å²) in [6, 6.07) is 8.80. The quantitative estimate of drug-likeness (QED) is 0.545. The number of methoxy groups -OCH3 is 2. The third-order valence-corrected chi connectivity index (χ3v) is 3.91. The highest BCUT2D eigenvalue weighted by molar-refractivity contribution is 6.31. The van der Waals surface area contributed by atoms with E-state index in [1.54, 1.807) is 12.1 Å². The number of nitriles is 1. The molecular weight excluding hydrogens is 387 g/mol. The molecule has 0 atom stereocenters. The second kappa shape index (κ2) is 9.62. The topological polar surface area (TPSA) is 80.6 Å². The third-order valence-electron chi connectivity index (χ3n) is 3.63. The lowest BCUT2D eigenvalue weighted by molar-refractivity contribution is -0.112. The van der Waals surface area contributed by atoms with Gasteiger partial charge in [0.05, 0.1) is 25.8 Å². The average Bonchev–Trinajstić information content (AvgIpc) is 2.69. The van der Waals surface area contributed by atoms with Crippen LogP contribution in [0.5, 0.6) is 17.2 Å². The molecule has 0 fully saturated rings. The maximum Gasteiger partial charge on any atom is 0.266 e. The van der Waals surface area contributed by atoms with Crippen LogP contribution in [0.1, 0.15) is 12.5 Å². The minimum atomic E-state index is -0.669. The molecule has 0 saturated carbocycles. The number of hydrogen-bond donors (Lipinski definition) is 1. The number of nitrogens with zero attached hydrogens (tertiary/aromatic N) is 1. The van der Waals surface area contributed by atoms with Gasteiger partial charge in [-0.3, -0.25) is 4.79 Å². The molecule has 0 unspecified atom stereocenters. The first-order valence-electron chi connectivity index (χ1n) is 8.20. The van der Waals surface area contributed by atoms with Crippen LogP contribution >= 0.6 is 11.6 Å². The first-order chi connectivity index (χ1) is 13.4. The summed E-state index contributed by atoms with van der Waals surface area (Å²) in [5, 5.41) is 11.7. The Morgan fingerprint density at radius 1 is 1.25 bits per heavy atom. The van der Waals surface area contributed by atoms with E-state index < -0.39 is 11.7 Å². The van der Waals surface area contributed by atoms with Crippen LogP contribution < -0.4 is 19.5 Å². The minimum absolute atomic E-state index is 0.138. The van der Waals surface area contributed by atoms with Gasteiger partial charge in [0.2, 0.25) is 5.75 Å². The van der Waals surface area contributed by atoms with Crippen molar-refractivity contribution in [3.63, 3.8) is 0 Å². The van der Waals surface area contributed by atoms with Crippen LogP contribution in [0.15, 0.2) is 35.9 Å². The SMILES string of the molecule is CCOc1c(OC)cc(C=C(C#N)C(=O)Nc2ccc(F)c(Cl)c2)cc1OC. The zero-order valence-electron chi connectivity index (χ0n) is 15.5. The minimum Gasteiger partial charge on any atom is -0.493 e. The molecule has 0 bridgehead atoms. The number of benzene rings is 2. The highest BCUT2D eigenvalue weighted by Crippen LogP contribution is 2.39. The summed E-state index contributed by atoms with van der Waals surface area (Å²) in [7, 11) is 2.95. The largest absolute Gasteiger partial charge is 0.493 e. The van der Waals surface area contributed by atoms with Crippen LogP contribution in [0.3, 0.4) is 0 Å². The number of amides is 1. The van der Waals surface area contributed by atoms with Crippen molar-refractivity contribution >= 4 is 29.3 Å². The number of hydrogen-bond acceptors (Lipinski definition) is 5. The molecule has 146 valence electrons. The zero-order chi connectivity index (χ0) is 20.7. The molecule has 0 spiro atoms. The summed E-state index contributed by atoms with van der Waals surface area (Å²) in [5.74, 6) is -0.0548. The number of carbonyl (C=O) groups excluding carboxylic acids is 1. The second-order valence-corrected chi connectivity index (χ2v) is 5.85. The van der Waals surface area contributed by atoms with Crippen molar-refractivity contribution in [3.05, 3.63) is 52.3 Å². The molecule has 2 aromatic rings. The van der Waals surface area contributed by atoms with Crippen molar-refractivity contribution in [3.8, 4) is 23.3 Å². The predicted molar refractivity (Wildman–Crippen MR) is 104 cm³/mol. The zero-order valence-corrected chi connectivity index (χ0v) is 16.3. The van der Waals surface area contributed by atoms with Crippen LogP contribution in [0.4, 0.5) is 10.1 Å². The number of halogens is 2. The molecule has 0 aliphatic carbocycles. The third kappa shape index (κ3) is 4.93. The van der Waals surface area contributed by atoms with Crippen LogP contribution in [-0.2, 0) is 4.79 Å². The molecule has 1 amide bonds. The molecular formula is C20H18ClFN2O4. The van der Waals surface area contributed by atoms with Crippen molar-refractivity contribution in [2.75, 3.05) is 26.1 Å². The fraction of sp³-hybridized carbons (Fsp3) is 0.200. The molecule has 0 radical (unpaired) electrons. The number of anilines is 1. The van der Waals surface area contributed by atoms with Crippen LogP contribution in [0.25, 0.3) is 6.08 Å². The lowest BCUT2D eigenvalue weighted by Crippen LogP contribution is -2.13. The molecule has 6 nitrogen and oxygen atoms in total. The Hall–Kier alpha value is -3.24. The van der Waals surface area contributed by atoms with E-state index in [1.165, 1.54) is 32.4 Å². The highest BCUT2D eigenvalue weighted by Gasteiger charge is 2.15. The Bertz CT molecular complexity index is 929. The standard InChI is InChI=1S/C20H18ClFN2O4/c1-4-28-19-17(26-2)8-12(9-18(19)27-3)7-13(11-23)20(25)24-14-5-6-16(22)15(21)10-14/h5-10H,4H2,1-3H3,(H,24,25). The van der Waals surface area contributed by atoms with Crippen LogP contribution in [-0.4, -0.2) is 26.7 Å². The monoisotopic (exact) mass is 404 g/mol. The fourth-order valence-electron chi connectivity index (χ4n) is 2.36. The van der Waals surface area contributed by atoms with Gasteiger partial charge >= 0.3 is 0 Å². The van der Waals surface area contributed by atoms with E-state index in [9.17, 15) is 14.4 Å². The van der Waals surface area contributed by atoms with Gasteiger partial charge in [0.25, 0.3) is 5.91 Å². The summed E-state index contributed by atoms with van der Waals surface area (Å²) >= 11 is 5.70. The summed E-state index contributed by atoms with van der Waals surface area (Å²) in [6.07, 6.45) is 1.38. The van der Waals surface area contributed by atoms with Gasteiger partial charge in [0, 0.05) is 5.69 Å². The predicted octanol–water partition coefficient (Wildman–Crippen LogP) is 4.44. The van der Waals surface area contributed by atoms with Gasteiger partial charge in [-0.05, 0) is 48.9 Å². The Kier molecular flexibility index (Phi) is 7.24. The van der Waals surface area contributed by atoms with Crippen molar-refractivity contribution < 1.29 is 23.4 Å². The van der Waals surface area contributed by atoms with Gasteiger partial charge in [-0.25, -0.2) is 4.39 Å². The van der Waals surface area contributed by atoms with Gasteiger partial charge in [-0.15, -0.1) is 0 Å². The van der Waals surface area contributed by atoms with Gasteiger partial charge in [-0.2, -0.15) is 5.26 Å². The fourth-order valence-corrected chi connectivity index (χ4v) is 2.54. The summed E-state index contributed by atoms with van der Waals surface area (Å²) in [6.45, 7) is 2.24. The van der Waals surface area contributed by atoms with Crippen LogP contribution in [0, 0.1) is 17.1 Å². The van der Waals surface area contributed by atoms with E-state index in [-0.39, 0.29) is 16.3 Å². The molecule has 2 aromatic carbocycles. The number of ether oxygens (including phenoxy) is 3. The number of carbonyl (C=O) groups is 1. The van der Waals surface area contributed by atoms with Gasteiger partial charge in [0.15, 0.2) is 11.5 Å². The van der Waals surface area contributed by atoms with E-state index in [1.807, 2.05) is 13.0 Å². The van der Waals surface area contributed by atoms with Crippen molar-refractivity contribution in [2.45, 2.75) is 6.92 Å². The van der Waals surface area contributed by atoms with Crippen molar-refractivity contribution in [1.29, 1.82) is 5.26 Å². The maximum absolute atomic E-state index is 13.2. The highest BCUT2D eigenvalue weighted by atomic mass is 35.5. The summed E-state index contributed by atoms with van der Waals surface area (Å²) in [5.41, 5.74) is 0.592.